The topological polar surface area (TPSA) is 70.1 Å². The Morgan fingerprint density at radius 2 is 2.04 bits per heavy atom. The number of aliphatic carboxylic acids is 1. The number of ether oxygens (including phenoxy) is 1. The molecule has 2 aliphatic rings. The number of fused-ring (bicyclic) bond motifs is 1. The Morgan fingerprint density at radius 1 is 1.22 bits per heavy atom. The van der Waals surface area contributed by atoms with Crippen LogP contribution in [0.3, 0.4) is 0 Å². The van der Waals surface area contributed by atoms with Crippen molar-refractivity contribution in [3.63, 3.8) is 0 Å². The Labute approximate surface area is 135 Å². The molecule has 6 nitrogen and oxygen atoms in total. The van der Waals surface area contributed by atoms with Gasteiger partial charge in [-0.05, 0) is 12.0 Å². The lowest BCUT2D eigenvalue weighted by molar-refractivity contribution is -0.143. The summed E-state index contributed by atoms with van der Waals surface area (Å²) < 4.78 is 5.69. The van der Waals surface area contributed by atoms with Crippen LogP contribution in [0, 0.1) is 0 Å². The lowest BCUT2D eigenvalue weighted by atomic mass is 10.0. The number of para-hydroxylation sites is 1. The maximum Gasteiger partial charge on any atom is 0.325 e. The average molecular weight is 318 g/mol. The van der Waals surface area contributed by atoms with Crippen LogP contribution in [0.1, 0.15) is 30.5 Å². The maximum atomic E-state index is 11.9. The number of amides is 1. The van der Waals surface area contributed by atoms with E-state index in [1.54, 1.807) is 11.8 Å². The first-order chi connectivity index (χ1) is 11.1. The highest BCUT2D eigenvalue weighted by atomic mass is 16.5. The molecule has 0 unspecified atom stereocenters. The average Bonchev–Trinajstić information content (AvgIpc) is 2.86. The van der Waals surface area contributed by atoms with Crippen molar-refractivity contribution in [3.05, 3.63) is 29.3 Å². The summed E-state index contributed by atoms with van der Waals surface area (Å²) in [5, 5.41) is 9.80. The fraction of sp³-hybridized carbons (Fsp3) is 0.529. The van der Waals surface area contributed by atoms with E-state index in [-0.39, 0.29) is 5.91 Å². The number of benzene rings is 1. The van der Waals surface area contributed by atoms with Gasteiger partial charge in [-0.15, -0.1) is 0 Å². The third kappa shape index (κ3) is 3.17. The van der Waals surface area contributed by atoms with Gasteiger partial charge in [0.1, 0.15) is 11.8 Å². The molecule has 0 saturated carbocycles. The first-order valence-electron chi connectivity index (χ1n) is 8.05. The molecule has 124 valence electrons. The Morgan fingerprint density at radius 3 is 2.78 bits per heavy atom. The maximum absolute atomic E-state index is 11.9. The smallest absolute Gasteiger partial charge is 0.325 e. The van der Waals surface area contributed by atoms with E-state index in [1.165, 1.54) is 0 Å². The summed E-state index contributed by atoms with van der Waals surface area (Å²) >= 11 is 0. The van der Waals surface area contributed by atoms with Gasteiger partial charge in [0.05, 0.1) is 6.61 Å². The molecule has 0 radical (unpaired) electrons. The molecule has 0 spiro atoms. The zero-order chi connectivity index (χ0) is 16.4. The number of hydrogen-bond acceptors (Lipinski definition) is 4. The Hall–Kier alpha value is -2.08. The molecule has 1 saturated heterocycles. The van der Waals surface area contributed by atoms with Gasteiger partial charge < -0.3 is 14.7 Å². The number of rotatable bonds is 3. The van der Waals surface area contributed by atoms with Crippen LogP contribution in [0.2, 0.25) is 0 Å². The predicted molar refractivity (Wildman–Crippen MR) is 84.5 cm³/mol. The van der Waals surface area contributed by atoms with Gasteiger partial charge in [-0.1, -0.05) is 18.2 Å². The summed E-state index contributed by atoms with van der Waals surface area (Å²) in [5.74, 6) is -0.0968. The number of hydrogen-bond donors (Lipinski definition) is 1. The third-order valence-corrected chi connectivity index (χ3v) is 4.61. The van der Waals surface area contributed by atoms with E-state index in [1.807, 2.05) is 23.1 Å². The van der Waals surface area contributed by atoms with Crippen LogP contribution < -0.4 is 4.74 Å². The molecule has 1 amide bonds. The SMILES string of the molecule is CC(=O)N1CCCN([C@H](C(=O)O)c2cccc3c2OCC3)CC1. The molecule has 1 atom stereocenters. The molecule has 3 rings (SSSR count). The number of nitrogens with zero attached hydrogens (tertiary/aromatic N) is 2. The molecular formula is C17H22N2O4. The second kappa shape index (κ2) is 6.58. The van der Waals surface area contributed by atoms with Crippen molar-refractivity contribution in [1.29, 1.82) is 0 Å². The van der Waals surface area contributed by atoms with E-state index in [2.05, 4.69) is 0 Å². The van der Waals surface area contributed by atoms with E-state index in [0.717, 1.165) is 29.7 Å². The normalized spacial score (nSPS) is 19.6. The Balaban J connectivity index is 1.87. The number of carboxylic acid groups (broad SMARTS) is 1. The molecule has 1 aromatic carbocycles. The van der Waals surface area contributed by atoms with E-state index in [4.69, 9.17) is 4.74 Å². The van der Waals surface area contributed by atoms with Crippen LogP contribution in [0.4, 0.5) is 0 Å². The zero-order valence-electron chi connectivity index (χ0n) is 13.3. The molecule has 0 aromatic heterocycles. The summed E-state index contributed by atoms with van der Waals surface area (Å²) in [4.78, 5) is 27.2. The van der Waals surface area contributed by atoms with Crippen molar-refractivity contribution in [2.45, 2.75) is 25.8 Å². The van der Waals surface area contributed by atoms with Crippen molar-refractivity contribution in [1.82, 2.24) is 9.80 Å². The monoisotopic (exact) mass is 318 g/mol. The molecular weight excluding hydrogens is 296 g/mol. The summed E-state index contributed by atoms with van der Waals surface area (Å²) in [6, 6.07) is 5.01. The van der Waals surface area contributed by atoms with Crippen molar-refractivity contribution in [2.24, 2.45) is 0 Å². The number of carboxylic acids is 1. The molecule has 0 aliphatic carbocycles. The van der Waals surface area contributed by atoms with Crippen LogP contribution in [0.5, 0.6) is 5.75 Å². The minimum absolute atomic E-state index is 0.0441. The standard InChI is InChI=1S/C17H22N2O4/c1-12(20)18-7-3-8-19(10-9-18)15(17(21)22)14-5-2-4-13-6-11-23-16(13)14/h2,4-5,15H,3,6-11H2,1H3,(H,21,22)/t15-/m0/s1. The molecule has 0 bridgehead atoms. The fourth-order valence-corrected chi connectivity index (χ4v) is 3.45. The van der Waals surface area contributed by atoms with Crippen LogP contribution in [-0.4, -0.2) is 59.6 Å². The van der Waals surface area contributed by atoms with Crippen LogP contribution in [0.25, 0.3) is 0 Å². The van der Waals surface area contributed by atoms with Gasteiger partial charge in [-0.3, -0.25) is 14.5 Å². The van der Waals surface area contributed by atoms with Gasteiger partial charge in [0.25, 0.3) is 0 Å². The van der Waals surface area contributed by atoms with Crippen LogP contribution in [-0.2, 0) is 16.0 Å². The highest BCUT2D eigenvalue weighted by molar-refractivity contribution is 5.77. The summed E-state index contributed by atoms with van der Waals surface area (Å²) in [5.41, 5.74) is 1.80. The number of carbonyl (C=O) groups is 2. The van der Waals surface area contributed by atoms with E-state index in [9.17, 15) is 14.7 Å². The second-order valence-electron chi connectivity index (χ2n) is 6.07. The lowest BCUT2D eigenvalue weighted by Crippen LogP contribution is -2.38. The second-order valence-corrected chi connectivity index (χ2v) is 6.07. The largest absolute Gasteiger partial charge is 0.493 e. The summed E-state index contributed by atoms with van der Waals surface area (Å²) in [6.45, 7) is 4.63. The Bertz CT molecular complexity index is 617. The minimum Gasteiger partial charge on any atom is -0.493 e. The molecule has 1 fully saturated rings. The van der Waals surface area contributed by atoms with Crippen molar-refractivity contribution >= 4 is 11.9 Å². The van der Waals surface area contributed by atoms with E-state index >= 15 is 0 Å². The quantitative estimate of drug-likeness (QED) is 0.910. The molecule has 2 aliphatic heterocycles. The predicted octanol–water partition coefficient (Wildman–Crippen LogP) is 1.30. The highest BCUT2D eigenvalue weighted by Gasteiger charge is 2.33. The summed E-state index contributed by atoms with van der Waals surface area (Å²) in [7, 11) is 0. The molecule has 2 heterocycles. The minimum atomic E-state index is -0.870. The van der Waals surface area contributed by atoms with Gasteiger partial charge in [0.2, 0.25) is 5.91 Å². The van der Waals surface area contributed by atoms with Crippen molar-refractivity contribution < 1.29 is 19.4 Å². The van der Waals surface area contributed by atoms with Gasteiger partial charge >= 0.3 is 5.97 Å². The van der Waals surface area contributed by atoms with Gasteiger partial charge in [-0.25, -0.2) is 0 Å². The van der Waals surface area contributed by atoms with E-state index < -0.39 is 12.0 Å². The molecule has 1 aromatic rings. The van der Waals surface area contributed by atoms with Crippen LogP contribution >= 0.6 is 0 Å². The Kier molecular flexibility index (Phi) is 4.52. The fourth-order valence-electron chi connectivity index (χ4n) is 3.45. The third-order valence-electron chi connectivity index (χ3n) is 4.61. The van der Waals surface area contributed by atoms with Gasteiger partial charge in [-0.2, -0.15) is 0 Å². The molecule has 6 heteroatoms. The highest BCUT2D eigenvalue weighted by Crippen LogP contribution is 2.36. The first-order valence-corrected chi connectivity index (χ1v) is 8.05. The first kappa shape index (κ1) is 15.8. The number of carbonyl (C=O) groups excluding carboxylic acids is 1. The van der Waals surface area contributed by atoms with Crippen molar-refractivity contribution in [2.75, 3.05) is 32.8 Å². The van der Waals surface area contributed by atoms with Gasteiger partial charge in [0.15, 0.2) is 0 Å². The zero-order valence-corrected chi connectivity index (χ0v) is 13.3. The molecule has 1 N–H and O–H groups in total. The summed E-state index contributed by atoms with van der Waals surface area (Å²) in [6.07, 6.45) is 1.60. The lowest BCUT2D eigenvalue weighted by Gasteiger charge is -2.28. The molecule has 23 heavy (non-hydrogen) atoms. The van der Waals surface area contributed by atoms with Gasteiger partial charge in [0, 0.05) is 45.1 Å². The van der Waals surface area contributed by atoms with Crippen LogP contribution in [0.15, 0.2) is 18.2 Å². The van der Waals surface area contributed by atoms with Crippen molar-refractivity contribution in [3.8, 4) is 5.75 Å². The van der Waals surface area contributed by atoms with E-state index in [0.29, 0.717) is 32.8 Å².